The zero-order chi connectivity index (χ0) is 24.4. The fourth-order valence-corrected chi connectivity index (χ4v) is 5.02. The van der Waals surface area contributed by atoms with Crippen LogP contribution in [0.2, 0.25) is 5.02 Å². The molecule has 180 valence electrons. The largest absolute Gasteiger partial charge is 0.376 e. The van der Waals surface area contributed by atoms with Gasteiger partial charge in [0.25, 0.3) is 11.8 Å². The summed E-state index contributed by atoms with van der Waals surface area (Å²) in [5.74, 6) is -1.19. The molecule has 1 atom stereocenters. The van der Waals surface area contributed by atoms with Gasteiger partial charge in [-0.25, -0.2) is 4.39 Å². The number of carbonyl (C=O) groups is 2. The first-order valence-corrected chi connectivity index (χ1v) is 12.3. The molecule has 0 saturated carbocycles. The fraction of sp³-hybridized carbons (Fsp3) is 0.286. The summed E-state index contributed by atoms with van der Waals surface area (Å²) in [4.78, 5) is 27.5. The standard InChI is InChI=1S/C28H26ClFN2O3/c29-23-9-2-10-24(30)26(23)28(34)32-13-3-7-20-15-19(11-12-25(20)32)18-5-1-6-21(16-18)27(33)31-17-22-8-4-14-35-22/h1-2,5-6,9-12,15-16,22H,3-4,7-8,13-14,17H2,(H,31,33). The smallest absolute Gasteiger partial charge is 0.262 e. The molecule has 3 aromatic rings. The molecule has 5 nitrogen and oxygen atoms in total. The van der Waals surface area contributed by atoms with Crippen LogP contribution in [0.15, 0.2) is 60.7 Å². The van der Waals surface area contributed by atoms with Gasteiger partial charge in [-0.15, -0.1) is 0 Å². The maximum atomic E-state index is 14.4. The van der Waals surface area contributed by atoms with Gasteiger partial charge < -0.3 is 15.0 Å². The Hall–Kier alpha value is -3.22. The number of halogens is 2. The van der Waals surface area contributed by atoms with Crippen molar-refractivity contribution in [2.45, 2.75) is 31.8 Å². The number of amides is 2. The Labute approximate surface area is 208 Å². The van der Waals surface area contributed by atoms with Gasteiger partial charge in [0, 0.05) is 30.9 Å². The van der Waals surface area contributed by atoms with Crippen molar-refractivity contribution in [1.29, 1.82) is 0 Å². The lowest BCUT2D eigenvalue weighted by Gasteiger charge is -2.30. The number of nitrogens with one attached hydrogen (secondary N) is 1. The van der Waals surface area contributed by atoms with Crippen LogP contribution in [0.25, 0.3) is 11.1 Å². The Morgan fingerprint density at radius 1 is 1.06 bits per heavy atom. The van der Waals surface area contributed by atoms with E-state index in [0.717, 1.165) is 54.7 Å². The molecule has 2 aliphatic rings. The molecule has 2 amide bonds. The fourth-order valence-electron chi connectivity index (χ4n) is 4.78. The van der Waals surface area contributed by atoms with Gasteiger partial charge in [0.1, 0.15) is 5.82 Å². The quantitative estimate of drug-likeness (QED) is 0.501. The summed E-state index contributed by atoms with van der Waals surface area (Å²) in [6.45, 7) is 1.76. The highest BCUT2D eigenvalue weighted by Crippen LogP contribution is 2.34. The minimum Gasteiger partial charge on any atom is -0.376 e. The van der Waals surface area contributed by atoms with Crippen molar-refractivity contribution in [3.05, 3.63) is 88.2 Å². The molecule has 7 heteroatoms. The molecule has 1 unspecified atom stereocenters. The Morgan fingerprint density at radius 2 is 1.89 bits per heavy atom. The monoisotopic (exact) mass is 492 g/mol. The number of rotatable bonds is 5. The molecule has 0 aliphatic carbocycles. The van der Waals surface area contributed by atoms with Gasteiger partial charge in [0.05, 0.1) is 16.7 Å². The van der Waals surface area contributed by atoms with E-state index in [1.165, 1.54) is 18.2 Å². The summed E-state index contributed by atoms with van der Waals surface area (Å²) in [6.07, 6.45) is 3.66. The Bertz CT molecular complexity index is 1250. The van der Waals surface area contributed by atoms with Crippen molar-refractivity contribution < 1.29 is 18.7 Å². The van der Waals surface area contributed by atoms with Gasteiger partial charge in [-0.2, -0.15) is 0 Å². The summed E-state index contributed by atoms with van der Waals surface area (Å²) in [5.41, 5.74) is 4.11. The molecule has 0 radical (unpaired) electrons. The van der Waals surface area contributed by atoms with E-state index in [1.54, 1.807) is 11.0 Å². The van der Waals surface area contributed by atoms with Gasteiger partial charge >= 0.3 is 0 Å². The summed E-state index contributed by atoms with van der Waals surface area (Å²) in [7, 11) is 0. The normalized spacial score (nSPS) is 17.2. The first kappa shape index (κ1) is 23.5. The van der Waals surface area contributed by atoms with Crippen LogP contribution in [0.4, 0.5) is 10.1 Å². The number of benzene rings is 3. The highest BCUT2D eigenvalue weighted by atomic mass is 35.5. The van der Waals surface area contributed by atoms with Crippen LogP contribution in [-0.2, 0) is 11.2 Å². The van der Waals surface area contributed by atoms with E-state index in [1.807, 2.05) is 36.4 Å². The predicted octanol–water partition coefficient (Wildman–Crippen LogP) is 5.65. The lowest BCUT2D eigenvalue weighted by Crippen LogP contribution is -2.36. The molecule has 5 rings (SSSR count). The number of ether oxygens (including phenoxy) is 1. The third kappa shape index (κ3) is 4.95. The van der Waals surface area contributed by atoms with E-state index in [2.05, 4.69) is 5.32 Å². The molecule has 0 spiro atoms. The van der Waals surface area contributed by atoms with Gasteiger partial charge in [-0.1, -0.05) is 35.9 Å². The van der Waals surface area contributed by atoms with E-state index in [4.69, 9.17) is 16.3 Å². The van der Waals surface area contributed by atoms with E-state index in [-0.39, 0.29) is 22.6 Å². The van der Waals surface area contributed by atoms with Crippen molar-refractivity contribution >= 4 is 29.1 Å². The van der Waals surface area contributed by atoms with Crippen LogP contribution in [0.5, 0.6) is 0 Å². The van der Waals surface area contributed by atoms with Crippen LogP contribution in [0.3, 0.4) is 0 Å². The molecule has 0 bridgehead atoms. The average Bonchev–Trinajstić information content (AvgIpc) is 3.40. The molecule has 3 aromatic carbocycles. The predicted molar refractivity (Wildman–Crippen MR) is 135 cm³/mol. The van der Waals surface area contributed by atoms with Crippen molar-refractivity contribution in [1.82, 2.24) is 5.32 Å². The molecule has 2 heterocycles. The minimum absolute atomic E-state index is 0.0904. The molecular weight excluding hydrogens is 467 g/mol. The molecule has 1 N–H and O–H groups in total. The van der Waals surface area contributed by atoms with Crippen LogP contribution in [0, 0.1) is 5.82 Å². The zero-order valence-corrected chi connectivity index (χ0v) is 20.0. The van der Waals surface area contributed by atoms with Crippen molar-refractivity contribution in [2.75, 3.05) is 24.6 Å². The van der Waals surface area contributed by atoms with Crippen LogP contribution < -0.4 is 10.2 Å². The topological polar surface area (TPSA) is 58.6 Å². The summed E-state index contributed by atoms with van der Waals surface area (Å²) >= 11 is 6.15. The second kappa shape index (κ2) is 10.2. The third-order valence-corrected chi connectivity index (χ3v) is 6.91. The van der Waals surface area contributed by atoms with Crippen molar-refractivity contribution in [3.8, 4) is 11.1 Å². The maximum absolute atomic E-state index is 14.4. The van der Waals surface area contributed by atoms with Gasteiger partial charge in [0.2, 0.25) is 0 Å². The number of carbonyl (C=O) groups excluding carboxylic acids is 2. The number of aryl methyl sites for hydroxylation is 1. The van der Waals surface area contributed by atoms with Crippen LogP contribution in [0.1, 0.15) is 45.5 Å². The molecule has 2 aliphatic heterocycles. The second-order valence-electron chi connectivity index (χ2n) is 8.93. The van der Waals surface area contributed by atoms with E-state index in [9.17, 15) is 14.0 Å². The average molecular weight is 493 g/mol. The SMILES string of the molecule is O=C(NCC1CCCO1)c1cccc(-c2ccc3c(c2)CCCN3C(=O)c2c(F)cccc2Cl)c1. The van der Waals surface area contributed by atoms with Crippen LogP contribution >= 0.6 is 11.6 Å². The molecule has 1 fully saturated rings. The van der Waals surface area contributed by atoms with E-state index >= 15 is 0 Å². The Morgan fingerprint density at radius 3 is 2.69 bits per heavy atom. The van der Waals surface area contributed by atoms with Gasteiger partial charge in [0.15, 0.2) is 0 Å². The molecular formula is C28H26ClFN2O3. The number of anilines is 1. The van der Waals surface area contributed by atoms with E-state index < -0.39 is 11.7 Å². The number of nitrogens with zero attached hydrogens (tertiary/aromatic N) is 1. The Kier molecular flexibility index (Phi) is 6.84. The summed E-state index contributed by atoms with van der Waals surface area (Å²) in [5, 5.41) is 3.07. The third-order valence-electron chi connectivity index (χ3n) is 6.59. The highest BCUT2D eigenvalue weighted by Gasteiger charge is 2.27. The first-order chi connectivity index (χ1) is 17.0. The second-order valence-corrected chi connectivity index (χ2v) is 9.33. The van der Waals surface area contributed by atoms with Gasteiger partial charge in [-0.3, -0.25) is 9.59 Å². The lowest BCUT2D eigenvalue weighted by molar-refractivity contribution is 0.0857. The summed E-state index contributed by atoms with van der Waals surface area (Å²) in [6, 6.07) is 17.6. The summed E-state index contributed by atoms with van der Waals surface area (Å²) < 4.78 is 20.0. The minimum atomic E-state index is -0.624. The van der Waals surface area contributed by atoms with Crippen LogP contribution in [-0.4, -0.2) is 37.6 Å². The van der Waals surface area contributed by atoms with Gasteiger partial charge in [-0.05, 0) is 78.8 Å². The first-order valence-electron chi connectivity index (χ1n) is 11.9. The molecule has 0 aromatic heterocycles. The highest BCUT2D eigenvalue weighted by molar-refractivity contribution is 6.34. The maximum Gasteiger partial charge on any atom is 0.262 e. The molecule has 35 heavy (non-hydrogen) atoms. The zero-order valence-electron chi connectivity index (χ0n) is 19.2. The Balaban J connectivity index is 1.37. The lowest BCUT2D eigenvalue weighted by atomic mass is 9.95. The number of hydrogen-bond acceptors (Lipinski definition) is 3. The number of hydrogen-bond donors (Lipinski definition) is 1. The molecule has 1 saturated heterocycles. The van der Waals surface area contributed by atoms with E-state index in [0.29, 0.717) is 18.7 Å². The van der Waals surface area contributed by atoms with Crippen molar-refractivity contribution in [2.24, 2.45) is 0 Å². The van der Waals surface area contributed by atoms with Crippen molar-refractivity contribution in [3.63, 3.8) is 0 Å². The number of fused-ring (bicyclic) bond motifs is 1.